The first-order chi connectivity index (χ1) is 13.4. The van der Waals surface area contributed by atoms with Gasteiger partial charge in [-0.2, -0.15) is 0 Å². The predicted octanol–water partition coefficient (Wildman–Crippen LogP) is 1.64. The van der Waals surface area contributed by atoms with Crippen LogP contribution in [0.1, 0.15) is 22.3 Å². The van der Waals surface area contributed by atoms with Gasteiger partial charge in [-0.25, -0.2) is 4.58 Å². The minimum absolute atomic E-state index is 0.866. The zero-order chi connectivity index (χ0) is 19.6. The number of likely N-dealkylation sites (N-methyl/N-ethyl adjacent to an activating group) is 1. The molecule has 5 rings (SSSR count). The van der Waals surface area contributed by atoms with Gasteiger partial charge in [-0.3, -0.25) is 0 Å². The number of hydrogen-bond donors (Lipinski definition) is 1. The molecule has 0 atom stereocenters. The zero-order valence-corrected chi connectivity index (χ0v) is 18.1. The van der Waals surface area contributed by atoms with Crippen LogP contribution in [0.25, 0.3) is 5.57 Å². The minimum Gasteiger partial charge on any atom is -0.399 e. The van der Waals surface area contributed by atoms with Crippen molar-refractivity contribution in [2.45, 2.75) is 26.4 Å². The number of nitrogen functional groups attached to an aromatic ring is 1. The molecule has 2 aliphatic rings. The van der Waals surface area contributed by atoms with Crippen LogP contribution in [0.5, 0.6) is 0 Å². The molecule has 3 heteroatoms. The largest absolute Gasteiger partial charge is 0.399 e. The van der Waals surface area contributed by atoms with Gasteiger partial charge in [-0.15, -0.1) is 0 Å². The number of rotatable bonds is 1. The molecule has 0 amide bonds. The molecule has 3 aromatic carbocycles. The van der Waals surface area contributed by atoms with Crippen molar-refractivity contribution in [3.8, 4) is 0 Å². The second kappa shape index (κ2) is 5.92. The van der Waals surface area contributed by atoms with Gasteiger partial charge in [-0.05, 0) is 63.0 Å². The third-order valence-corrected chi connectivity index (χ3v) is 10.2. The normalized spacial score (nSPS) is 16.6. The van der Waals surface area contributed by atoms with Gasteiger partial charge in [0.05, 0.1) is 0 Å². The number of nitrogens with zero attached hydrogens (tertiary/aromatic N) is 1. The first-order valence-corrected chi connectivity index (χ1v) is 13.1. The van der Waals surface area contributed by atoms with Crippen LogP contribution in [-0.4, -0.2) is 21.7 Å². The Kier molecular flexibility index (Phi) is 3.69. The maximum Gasteiger partial charge on any atom is 0.203 e. The lowest BCUT2D eigenvalue weighted by Crippen LogP contribution is -2.63. The van der Waals surface area contributed by atoms with E-state index in [2.05, 4.69) is 86.2 Å². The molecule has 140 valence electrons. The SMILES string of the molecule is Cc1ccccc1C1=c2cc3c(cc2[Si](C)(C)c2cc(N)ccc21)=[N+](C)CC3. The van der Waals surface area contributed by atoms with Gasteiger partial charge in [-0.1, -0.05) is 43.4 Å². The lowest BCUT2D eigenvalue weighted by molar-refractivity contribution is 0.720. The summed E-state index contributed by atoms with van der Waals surface area (Å²) in [4.78, 5) is 0. The molecular formula is C25H27N2Si+. The molecule has 2 N–H and O–H groups in total. The molecule has 2 aliphatic heterocycles. The highest BCUT2D eigenvalue weighted by molar-refractivity contribution is 7.01. The summed E-state index contributed by atoms with van der Waals surface area (Å²) in [6.07, 6.45) is 1.14. The van der Waals surface area contributed by atoms with E-state index >= 15 is 0 Å². The maximum atomic E-state index is 6.25. The van der Waals surface area contributed by atoms with Crippen molar-refractivity contribution in [2.24, 2.45) is 0 Å². The van der Waals surface area contributed by atoms with Gasteiger partial charge in [0.15, 0.2) is 0 Å². The molecule has 0 aromatic heterocycles. The molecule has 28 heavy (non-hydrogen) atoms. The first kappa shape index (κ1) is 17.4. The van der Waals surface area contributed by atoms with E-state index in [-0.39, 0.29) is 0 Å². The van der Waals surface area contributed by atoms with E-state index in [1.807, 2.05) is 0 Å². The second-order valence-electron chi connectivity index (χ2n) is 8.82. The van der Waals surface area contributed by atoms with Crippen LogP contribution in [0, 0.1) is 6.92 Å². The van der Waals surface area contributed by atoms with Gasteiger partial charge >= 0.3 is 0 Å². The van der Waals surface area contributed by atoms with E-state index in [1.54, 1.807) is 0 Å². The van der Waals surface area contributed by atoms with Crippen molar-refractivity contribution in [2.75, 3.05) is 19.3 Å². The molecule has 0 fully saturated rings. The minimum atomic E-state index is -1.86. The Labute approximate surface area is 167 Å². The van der Waals surface area contributed by atoms with Crippen molar-refractivity contribution in [1.82, 2.24) is 4.58 Å². The fourth-order valence-electron chi connectivity index (χ4n) is 5.05. The number of benzene rings is 3. The maximum absolute atomic E-state index is 6.25. The van der Waals surface area contributed by atoms with E-state index < -0.39 is 8.07 Å². The van der Waals surface area contributed by atoms with Crippen molar-refractivity contribution in [3.63, 3.8) is 0 Å². The van der Waals surface area contributed by atoms with Gasteiger partial charge in [0, 0.05) is 23.7 Å². The topological polar surface area (TPSA) is 29.0 Å². The highest BCUT2D eigenvalue weighted by Gasteiger charge is 2.36. The number of hydrogen-bond acceptors (Lipinski definition) is 1. The summed E-state index contributed by atoms with van der Waals surface area (Å²) in [5, 5.41) is 5.85. The van der Waals surface area contributed by atoms with E-state index in [0.29, 0.717) is 0 Å². The summed E-state index contributed by atoms with van der Waals surface area (Å²) in [6.45, 7) is 8.28. The monoisotopic (exact) mass is 383 g/mol. The molecule has 2 nitrogen and oxygen atoms in total. The van der Waals surface area contributed by atoms with Crippen LogP contribution in [0.4, 0.5) is 5.69 Å². The average Bonchev–Trinajstić information content (AvgIpc) is 3.03. The van der Waals surface area contributed by atoms with Crippen LogP contribution in [0.3, 0.4) is 0 Å². The highest BCUT2D eigenvalue weighted by Crippen LogP contribution is 2.27. The average molecular weight is 384 g/mol. The van der Waals surface area contributed by atoms with E-state index in [1.165, 1.54) is 48.8 Å². The standard InChI is InChI=1S/C25H26N2Si/c1-16-7-5-6-8-19(16)25-20-10-9-18(26)14-23(20)28(3,4)24-15-22-17(13-21(24)25)11-12-27(22)2/h5-10,13-15,26H,11-12H2,1-4H3/p+1. The van der Waals surface area contributed by atoms with Crippen LogP contribution >= 0.6 is 0 Å². The molecule has 0 radical (unpaired) electrons. The van der Waals surface area contributed by atoms with E-state index in [0.717, 1.165) is 18.7 Å². The van der Waals surface area contributed by atoms with Crippen LogP contribution in [0.15, 0.2) is 54.6 Å². The molecule has 0 aliphatic carbocycles. The highest BCUT2D eigenvalue weighted by atomic mass is 28.3. The smallest absolute Gasteiger partial charge is 0.203 e. The Morgan fingerprint density at radius 1 is 0.929 bits per heavy atom. The number of aryl methyl sites for hydroxylation is 1. The summed E-state index contributed by atoms with van der Waals surface area (Å²) in [5.74, 6) is 0. The molecule has 2 heterocycles. The molecule has 0 bridgehead atoms. The summed E-state index contributed by atoms with van der Waals surface area (Å²) in [7, 11) is 0.361. The molecule has 3 aromatic rings. The molecule has 0 saturated heterocycles. The first-order valence-electron chi connectivity index (χ1n) is 10.1. The lowest BCUT2D eigenvalue weighted by atomic mass is 9.91. The zero-order valence-electron chi connectivity index (χ0n) is 17.1. The summed E-state index contributed by atoms with van der Waals surface area (Å²) < 4.78 is 2.41. The van der Waals surface area contributed by atoms with Crippen molar-refractivity contribution in [3.05, 3.63) is 87.4 Å². The van der Waals surface area contributed by atoms with E-state index in [4.69, 9.17) is 5.73 Å². The van der Waals surface area contributed by atoms with Crippen molar-refractivity contribution < 1.29 is 0 Å². The molecule has 0 spiro atoms. The van der Waals surface area contributed by atoms with Crippen molar-refractivity contribution in [1.29, 1.82) is 0 Å². The summed E-state index contributed by atoms with van der Waals surface area (Å²) in [5.41, 5.74) is 14.0. The van der Waals surface area contributed by atoms with Gasteiger partial charge < -0.3 is 5.73 Å². The Hall–Kier alpha value is -2.65. The fourth-order valence-corrected chi connectivity index (χ4v) is 8.12. The predicted molar refractivity (Wildman–Crippen MR) is 122 cm³/mol. The molecular weight excluding hydrogens is 356 g/mol. The Morgan fingerprint density at radius 2 is 1.71 bits per heavy atom. The Bertz CT molecular complexity index is 1270. The Morgan fingerprint density at radius 3 is 2.50 bits per heavy atom. The second-order valence-corrected chi connectivity index (χ2v) is 13.1. The van der Waals surface area contributed by atoms with Crippen LogP contribution in [-0.2, 0) is 6.42 Å². The van der Waals surface area contributed by atoms with E-state index in [9.17, 15) is 0 Å². The van der Waals surface area contributed by atoms with Gasteiger partial charge in [0.1, 0.15) is 21.7 Å². The lowest BCUT2D eigenvalue weighted by Gasteiger charge is -2.33. The summed E-state index contributed by atoms with van der Waals surface area (Å²) >= 11 is 0. The number of fused-ring (bicyclic) bond motifs is 3. The number of anilines is 1. The number of nitrogens with two attached hydrogens (primary N) is 1. The third kappa shape index (κ3) is 2.36. The molecule has 0 unspecified atom stereocenters. The van der Waals surface area contributed by atoms with Crippen LogP contribution in [0.2, 0.25) is 13.1 Å². The Balaban J connectivity index is 2.02. The van der Waals surface area contributed by atoms with Crippen LogP contribution < -0.4 is 31.3 Å². The quantitative estimate of drug-likeness (QED) is 0.386. The summed E-state index contributed by atoms with van der Waals surface area (Å²) in [6, 6.07) is 20.3. The van der Waals surface area contributed by atoms with Gasteiger partial charge in [0.2, 0.25) is 5.36 Å². The third-order valence-electron chi connectivity index (χ3n) is 6.69. The van der Waals surface area contributed by atoms with Gasteiger partial charge in [0.25, 0.3) is 0 Å². The van der Waals surface area contributed by atoms with Crippen molar-refractivity contribution >= 4 is 29.7 Å². The molecule has 0 saturated carbocycles. The fraction of sp³-hybridized carbons (Fsp3) is 0.240.